The van der Waals surface area contributed by atoms with Crippen molar-refractivity contribution in [3.05, 3.63) is 123 Å². The molecule has 3 saturated heterocycles. The minimum atomic E-state index is -3.04. The smallest absolute Gasteiger partial charge is 0.387 e. The van der Waals surface area contributed by atoms with Crippen molar-refractivity contribution in [2.75, 3.05) is 26.2 Å². The van der Waals surface area contributed by atoms with Crippen LogP contribution in [0.4, 0.5) is 8.78 Å². The quantitative estimate of drug-likeness (QED) is 0.115. The molecule has 9 nitrogen and oxygen atoms in total. The number of rotatable bonds is 16. The number of piperidine rings is 3. The summed E-state index contributed by atoms with van der Waals surface area (Å²) in [5, 5.41) is 4.04. The zero-order valence-corrected chi connectivity index (χ0v) is 31.0. The predicted molar refractivity (Wildman–Crippen MR) is 198 cm³/mol. The lowest BCUT2D eigenvalue weighted by molar-refractivity contribution is -0.377. The number of carbonyl (C=O) groups excluding carboxylic acids is 2. The molecule has 3 atom stereocenters. The number of hydrogen-bond acceptors (Lipinski definition) is 8. The van der Waals surface area contributed by atoms with Crippen LogP contribution in [0.25, 0.3) is 0 Å². The highest BCUT2D eigenvalue weighted by Crippen LogP contribution is 2.38. The average molecular weight is 782 g/mol. The van der Waals surface area contributed by atoms with Gasteiger partial charge in [0, 0.05) is 25.1 Å². The number of halogens is 4. The third-order valence-electron chi connectivity index (χ3n) is 10.3. The Morgan fingerprint density at radius 1 is 0.889 bits per heavy atom. The molecular weight excluding hydrogens is 739 g/mol. The second kappa shape index (κ2) is 17.5. The van der Waals surface area contributed by atoms with Crippen LogP contribution in [-0.4, -0.2) is 55.8 Å². The molecule has 284 valence electrons. The summed E-state index contributed by atoms with van der Waals surface area (Å²) in [6.07, 6.45) is 6.28. The van der Waals surface area contributed by atoms with E-state index in [4.69, 9.17) is 42.1 Å². The first-order chi connectivity index (χ1) is 26.2. The van der Waals surface area contributed by atoms with Gasteiger partial charge in [0.2, 0.25) is 0 Å². The number of fused-ring (bicyclic) bond motifs is 3. The normalized spacial score (nSPS) is 20.3. The number of carbonyl (C=O) groups is 2. The molecule has 0 spiro atoms. The molecule has 2 N–H and O–H groups in total. The molecule has 0 amide bonds. The van der Waals surface area contributed by atoms with E-state index in [0.29, 0.717) is 46.2 Å². The summed E-state index contributed by atoms with van der Waals surface area (Å²) in [6.45, 7) is 0.533. The number of hydrogen-bond donors (Lipinski definition) is 1. The maximum Gasteiger partial charge on any atom is 0.387 e. The monoisotopic (exact) mass is 780 g/mol. The van der Waals surface area contributed by atoms with Gasteiger partial charge >= 0.3 is 18.6 Å². The first kappa shape index (κ1) is 38.0. The number of aromatic amines is 1. The van der Waals surface area contributed by atoms with Crippen LogP contribution in [0.1, 0.15) is 70.4 Å². The number of ether oxygens (including phenoxy) is 4. The van der Waals surface area contributed by atoms with E-state index in [-0.39, 0.29) is 35.6 Å². The van der Waals surface area contributed by atoms with E-state index in [1.165, 1.54) is 6.07 Å². The standard InChI is InChI=1S/C41H41Cl2F2N3O6/c42-32-21-46-22-33(43)31(32)19-35(30-12-13-34(54-41(44)45)36(18-30)51-24-26-6-7-26)52-39(49)29-10-8-25(9-11-29)20-47-38(28-4-2-1-3-5-28)40(50)53-37-23-48-16-14-27(37)15-17-48/h1-5,8-13,18,21-22,26-27,35,37-38,41,47H,6-7,14-17,19-20,23-24H2/p+1/t35-,37-,38?/m0/s1. The number of nitrogens with one attached hydrogen (secondary N) is 2. The van der Waals surface area contributed by atoms with Crippen molar-refractivity contribution in [1.29, 1.82) is 0 Å². The van der Waals surface area contributed by atoms with Gasteiger partial charge in [-0.3, -0.25) is 10.2 Å². The van der Waals surface area contributed by atoms with Crippen molar-refractivity contribution in [1.82, 2.24) is 10.2 Å². The number of nitrogens with zero attached hydrogens (tertiary/aromatic N) is 1. The Morgan fingerprint density at radius 2 is 1.61 bits per heavy atom. The van der Waals surface area contributed by atoms with Gasteiger partial charge in [0.1, 0.15) is 28.3 Å². The third kappa shape index (κ3) is 9.68. The van der Waals surface area contributed by atoms with Crippen LogP contribution in [0.5, 0.6) is 11.5 Å². The highest BCUT2D eigenvalue weighted by Gasteiger charge is 2.38. The van der Waals surface area contributed by atoms with Crippen LogP contribution in [-0.2, 0) is 27.2 Å². The number of alkyl halides is 2. The van der Waals surface area contributed by atoms with Crippen molar-refractivity contribution in [2.45, 2.75) is 63.5 Å². The summed E-state index contributed by atoms with van der Waals surface area (Å²) in [5.74, 6) is -0.174. The molecule has 4 aliphatic rings. The zero-order chi connectivity index (χ0) is 37.6. The number of H-pyrrole nitrogens is 1. The fraction of sp³-hybridized carbons (Fsp3) is 0.390. The first-order valence-electron chi connectivity index (χ1n) is 18.3. The number of aromatic nitrogens is 1. The Bertz CT molecular complexity index is 1890. The van der Waals surface area contributed by atoms with Gasteiger partial charge in [0.05, 0.1) is 12.2 Å². The molecule has 8 rings (SSSR count). The van der Waals surface area contributed by atoms with Crippen LogP contribution in [0, 0.1) is 11.8 Å². The molecule has 54 heavy (non-hydrogen) atoms. The minimum absolute atomic E-state index is 0.0911. The Labute approximate surface area is 322 Å². The molecule has 3 aliphatic heterocycles. The lowest BCUT2D eigenvalue weighted by atomic mass is 9.86. The van der Waals surface area contributed by atoms with Crippen molar-refractivity contribution < 1.29 is 42.3 Å². The summed E-state index contributed by atoms with van der Waals surface area (Å²) in [7, 11) is 0. The van der Waals surface area contributed by atoms with Gasteiger partial charge in [-0.25, -0.2) is 14.6 Å². The van der Waals surface area contributed by atoms with Crippen LogP contribution < -0.4 is 19.8 Å². The molecule has 3 aromatic carbocycles. The topological polar surface area (TPSA) is 100 Å². The lowest BCUT2D eigenvalue weighted by Crippen LogP contribution is -2.52. The van der Waals surface area contributed by atoms with Gasteiger partial charge in [0.15, 0.2) is 23.9 Å². The molecule has 13 heteroatoms. The van der Waals surface area contributed by atoms with Crippen LogP contribution in [0.3, 0.4) is 0 Å². The van der Waals surface area contributed by atoms with Gasteiger partial charge < -0.3 is 18.9 Å². The summed E-state index contributed by atoms with van der Waals surface area (Å²) in [4.78, 5) is 32.5. The van der Waals surface area contributed by atoms with E-state index < -0.39 is 24.7 Å². The highest BCUT2D eigenvalue weighted by molar-refractivity contribution is 6.35. The first-order valence-corrected chi connectivity index (χ1v) is 19.0. The Balaban J connectivity index is 1.06. The van der Waals surface area contributed by atoms with Gasteiger partial charge in [0.25, 0.3) is 0 Å². The zero-order valence-electron chi connectivity index (χ0n) is 29.5. The van der Waals surface area contributed by atoms with Gasteiger partial charge in [-0.1, -0.05) is 71.7 Å². The molecule has 1 aromatic heterocycles. The Hall–Kier alpha value is -4.29. The molecule has 4 aromatic rings. The van der Waals surface area contributed by atoms with E-state index in [1.54, 1.807) is 48.8 Å². The summed E-state index contributed by atoms with van der Waals surface area (Å²) >= 11 is 13.0. The molecular formula is C41H42Cl2F2N3O6+. The van der Waals surface area contributed by atoms with Crippen molar-refractivity contribution in [3.63, 3.8) is 0 Å². The van der Waals surface area contributed by atoms with E-state index >= 15 is 0 Å². The maximum absolute atomic E-state index is 13.7. The maximum atomic E-state index is 13.7. The molecule has 4 fully saturated rings. The fourth-order valence-electron chi connectivity index (χ4n) is 7.03. The number of benzene rings is 3. The van der Waals surface area contributed by atoms with E-state index in [0.717, 1.165) is 56.4 Å². The lowest BCUT2D eigenvalue weighted by Gasteiger charge is -2.44. The van der Waals surface area contributed by atoms with Crippen LogP contribution in [0.2, 0.25) is 10.0 Å². The minimum Gasteiger partial charge on any atom is -0.489 e. The van der Waals surface area contributed by atoms with E-state index in [1.807, 2.05) is 30.3 Å². The summed E-state index contributed by atoms with van der Waals surface area (Å²) in [6, 6.07) is 20.2. The predicted octanol–water partition coefficient (Wildman–Crippen LogP) is 7.81. The molecule has 1 unspecified atom stereocenters. The Morgan fingerprint density at radius 3 is 2.26 bits per heavy atom. The number of pyridine rings is 1. The highest BCUT2D eigenvalue weighted by atomic mass is 35.5. The van der Waals surface area contributed by atoms with Gasteiger partial charge in [-0.05, 0) is 91.6 Å². The van der Waals surface area contributed by atoms with Crippen molar-refractivity contribution in [3.8, 4) is 11.5 Å². The van der Waals surface area contributed by atoms with Crippen LogP contribution in [0.15, 0.2) is 85.2 Å². The largest absolute Gasteiger partial charge is 0.489 e. The summed E-state index contributed by atoms with van der Waals surface area (Å²) in [5.41, 5.74) is 2.94. The van der Waals surface area contributed by atoms with Crippen LogP contribution >= 0.6 is 23.2 Å². The van der Waals surface area contributed by atoms with Crippen molar-refractivity contribution >= 4 is 35.1 Å². The molecule has 4 heterocycles. The SMILES string of the molecule is O=C(O[C@@H](Cc1c(Cl)c[nH+]cc1Cl)c1ccc(OC(F)F)c(OCC2CC2)c1)c1ccc(CNC(C(=O)O[C@H]2CN3CCC2CC3)c2ccccc2)cc1. The van der Waals surface area contributed by atoms with Crippen molar-refractivity contribution in [2.24, 2.45) is 11.8 Å². The molecule has 1 saturated carbocycles. The van der Waals surface area contributed by atoms with Gasteiger partial charge in [-0.15, -0.1) is 0 Å². The second-order valence-electron chi connectivity index (χ2n) is 14.1. The fourth-order valence-corrected chi connectivity index (χ4v) is 7.56. The number of esters is 2. The van der Waals surface area contributed by atoms with E-state index in [2.05, 4.69) is 15.2 Å². The average Bonchev–Trinajstić information content (AvgIpc) is 4.01. The second-order valence-corrected chi connectivity index (χ2v) is 14.9. The van der Waals surface area contributed by atoms with Gasteiger partial charge in [-0.2, -0.15) is 8.78 Å². The summed E-state index contributed by atoms with van der Waals surface area (Å²) < 4.78 is 49.3. The molecule has 2 bridgehead atoms. The van der Waals surface area contributed by atoms with E-state index in [9.17, 15) is 18.4 Å². The Kier molecular flexibility index (Phi) is 12.3. The molecule has 0 radical (unpaired) electrons. The third-order valence-corrected chi connectivity index (χ3v) is 11.0. The molecule has 1 aliphatic carbocycles.